The maximum absolute atomic E-state index is 13.0. The lowest BCUT2D eigenvalue weighted by Crippen LogP contribution is -2.26. The molecule has 0 radical (unpaired) electrons. The molecule has 1 aliphatic carbocycles. The van der Waals surface area contributed by atoms with Crippen LogP contribution in [0.3, 0.4) is 0 Å². The number of rotatable bonds is 2. The summed E-state index contributed by atoms with van der Waals surface area (Å²) < 4.78 is 5.35. The summed E-state index contributed by atoms with van der Waals surface area (Å²) in [6.07, 6.45) is 13.4. The van der Waals surface area contributed by atoms with Crippen LogP contribution in [0.15, 0.2) is 89.8 Å². The molecule has 3 rings (SSSR count). The van der Waals surface area contributed by atoms with E-state index < -0.39 is 12.2 Å². The maximum Gasteiger partial charge on any atom is 0.244 e. The average molecular weight is 478 g/mol. The first-order valence-corrected chi connectivity index (χ1v) is 12.1. The number of ether oxygens (including phenoxy) is 1. The topological polar surface area (TPSA) is 95.9 Å². The number of methoxy groups -OCH3 is 1. The first-order valence-electron chi connectivity index (χ1n) is 12.1. The van der Waals surface area contributed by atoms with E-state index in [1.165, 1.54) is 13.2 Å². The highest BCUT2D eigenvalue weighted by Crippen LogP contribution is 2.36. The number of ketones is 1. The number of carbonyl (C=O) groups excluding carboxylic acids is 2. The number of benzene rings is 1. The normalized spacial score (nSPS) is 31.2. The Balaban J connectivity index is 1.84. The standard InChI is InChI=1S/C29H35NO5/c1-20-11-9-10-16-27(33)30-24(21-12-5-3-6-13-21)15-8-4-7-14-23(31)19-25(32)28-22(17-20)18-26(35-2)29(28)34/h3-6,8-13,16-17,22-24,26,31,34H,7,14-15,18-19H2,1-2H3,(H,30,33)/b8-4+,11-9+,16-10-,20-17-/t22-,23-,24+,26-/m0/s1. The number of aliphatic hydroxyl groups is 2. The molecule has 4 atom stereocenters. The van der Waals surface area contributed by atoms with Crippen LogP contribution in [-0.4, -0.2) is 41.2 Å². The summed E-state index contributed by atoms with van der Waals surface area (Å²) in [5.74, 6) is -0.790. The van der Waals surface area contributed by atoms with Crippen molar-refractivity contribution < 1.29 is 24.5 Å². The van der Waals surface area contributed by atoms with Gasteiger partial charge in [-0.3, -0.25) is 9.59 Å². The third kappa shape index (κ3) is 7.64. The van der Waals surface area contributed by atoms with Crippen molar-refractivity contribution in [2.24, 2.45) is 5.92 Å². The van der Waals surface area contributed by atoms with Crippen molar-refractivity contribution in [1.29, 1.82) is 0 Å². The molecule has 0 saturated heterocycles. The van der Waals surface area contributed by atoms with Crippen LogP contribution >= 0.6 is 0 Å². The molecule has 186 valence electrons. The van der Waals surface area contributed by atoms with Gasteiger partial charge in [0.2, 0.25) is 5.91 Å². The number of amides is 1. The van der Waals surface area contributed by atoms with Gasteiger partial charge < -0.3 is 20.3 Å². The van der Waals surface area contributed by atoms with Crippen LogP contribution in [0.5, 0.6) is 0 Å². The van der Waals surface area contributed by atoms with E-state index in [0.29, 0.717) is 31.3 Å². The van der Waals surface area contributed by atoms with Crippen LogP contribution in [-0.2, 0) is 14.3 Å². The highest BCUT2D eigenvalue weighted by molar-refractivity contribution is 5.97. The third-order valence-electron chi connectivity index (χ3n) is 6.33. The van der Waals surface area contributed by atoms with E-state index in [2.05, 4.69) is 5.32 Å². The maximum atomic E-state index is 13.0. The Hall–Kier alpha value is -3.22. The summed E-state index contributed by atoms with van der Waals surface area (Å²) in [5.41, 5.74) is 2.22. The zero-order valence-electron chi connectivity index (χ0n) is 20.4. The molecule has 0 aromatic heterocycles. The molecule has 0 fully saturated rings. The van der Waals surface area contributed by atoms with Crippen molar-refractivity contribution in [1.82, 2.24) is 5.32 Å². The van der Waals surface area contributed by atoms with E-state index in [1.54, 1.807) is 12.2 Å². The van der Waals surface area contributed by atoms with Gasteiger partial charge in [-0.25, -0.2) is 0 Å². The van der Waals surface area contributed by atoms with Gasteiger partial charge >= 0.3 is 0 Å². The number of nitrogens with one attached hydrogen (secondary N) is 1. The summed E-state index contributed by atoms with van der Waals surface area (Å²) in [6, 6.07) is 9.61. The molecule has 1 aliphatic heterocycles. The summed E-state index contributed by atoms with van der Waals surface area (Å²) in [4.78, 5) is 25.5. The van der Waals surface area contributed by atoms with Crippen LogP contribution in [0.4, 0.5) is 0 Å². The van der Waals surface area contributed by atoms with E-state index in [4.69, 9.17) is 4.74 Å². The third-order valence-corrected chi connectivity index (χ3v) is 6.33. The largest absolute Gasteiger partial charge is 0.509 e. The lowest BCUT2D eigenvalue weighted by Gasteiger charge is -2.17. The summed E-state index contributed by atoms with van der Waals surface area (Å²) >= 11 is 0. The van der Waals surface area contributed by atoms with Crippen molar-refractivity contribution in [3.63, 3.8) is 0 Å². The molecule has 35 heavy (non-hydrogen) atoms. The fraction of sp³-hybridized carbons (Fsp3) is 0.379. The number of fused-ring (bicyclic) bond motifs is 1. The predicted molar refractivity (Wildman–Crippen MR) is 137 cm³/mol. The van der Waals surface area contributed by atoms with Crippen molar-refractivity contribution in [3.05, 3.63) is 95.3 Å². The van der Waals surface area contributed by atoms with Crippen LogP contribution in [0.25, 0.3) is 0 Å². The highest BCUT2D eigenvalue weighted by Gasteiger charge is 2.36. The summed E-state index contributed by atoms with van der Waals surface area (Å²) in [5, 5.41) is 24.1. The molecule has 1 aromatic carbocycles. The second-order valence-electron chi connectivity index (χ2n) is 9.03. The zero-order chi connectivity index (χ0) is 25.2. The molecule has 0 saturated carbocycles. The SMILES string of the molecule is CO[C@H]1C[C@@H]2\C=C(C)/C=C/C=C\C(=O)N[C@@H](c3ccccc3)C/C=C/CC[C@H](O)CC(=O)C2=C1O. The van der Waals surface area contributed by atoms with Gasteiger partial charge in [0, 0.05) is 31.1 Å². The Morgan fingerprint density at radius 2 is 1.80 bits per heavy atom. The van der Waals surface area contributed by atoms with Gasteiger partial charge in [0.15, 0.2) is 5.78 Å². The molecular weight excluding hydrogens is 442 g/mol. The molecule has 1 heterocycles. The first-order chi connectivity index (χ1) is 16.9. The Bertz CT molecular complexity index is 1030. The van der Waals surface area contributed by atoms with E-state index in [9.17, 15) is 19.8 Å². The molecule has 6 heteroatoms. The highest BCUT2D eigenvalue weighted by atomic mass is 16.5. The van der Waals surface area contributed by atoms with E-state index in [-0.39, 0.29) is 35.8 Å². The van der Waals surface area contributed by atoms with Crippen molar-refractivity contribution in [2.75, 3.05) is 7.11 Å². The van der Waals surface area contributed by atoms with Crippen molar-refractivity contribution in [3.8, 4) is 0 Å². The fourth-order valence-corrected chi connectivity index (χ4v) is 4.50. The minimum Gasteiger partial charge on any atom is -0.509 e. The van der Waals surface area contributed by atoms with Gasteiger partial charge in [-0.1, -0.05) is 72.4 Å². The minimum atomic E-state index is -0.810. The number of allylic oxidation sites excluding steroid dienone is 7. The number of hydrogen-bond acceptors (Lipinski definition) is 5. The molecule has 3 N–H and O–H groups in total. The van der Waals surface area contributed by atoms with Crippen LogP contribution in [0, 0.1) is 5.92 Å². The molecule has 2 aliphatic rings. The van der Waals surface area contributed by atoms with Gasteiger partial charge in [0.25, 0.3) is 0 Å². The lowest BCUT2D eigenvalue weighted by atomic mass is 9.92. The Kier molecular flexibility index (Phi) is 9.82. The molecule has 1 aromatic rings. The molecule has 1 amide bonds. The molecule has 0 unspecified atom stereocenters. The minimum absolute atomic E-state index is 0.0444. The van der Waals surface area contributed by atoms with Crippen LogP contribution in [0.2, 0.25) is 0 Å². The number of aliphatic hydroxyl groups excluding tert-OH is 2. The predicted octanol–water partition coefficient (Wildman–Crippen LogP) is 4.81. The van der Waals surface area contributed by atoms with Gasteiger partial charge in [-0.05, 0) is 38.2 Å². The number of Topliss-reactive ketones (excluding diaryl/α,β-unsaturated/α-hetero) is 1. The smallest absolute Gasteiger partial charge is 0.244 e. The lowest BCUT2D eigenvalue weighted by molar-refractivity contribution is -0.118. The van der Waals surface area contributed by atoms with Gasteiger partial charge in [0.05, 0.1) is 12.1 Å². The van der Waals surface area contributed by atoms with Gasteiger partial charge in [0.1, 0.15) is 11.9 Å². The monoisotopic (exact) mass is 477 g/mol. The van der Waals surface area contributed by atoms with Crippen LogP contribution < -0.4 is 5.32 Å². The molecule has 0 bridgehead atoms. The summed E-state index contributed by atoms with van der Waals surface area (Å²) in [7, 11) is 1.51. The number of carbonyl (C=O) groups is 2. The summed E-state index contributed by atoms with van der Waals surface area (Å²) in [6.45, 7) is 1.90. The van der Waals surface area contributed by atoms with Gasteiger partial charge in [-0.2, -0.15) is 0 Å². The Morgan fingerprint density at radius 1 is 1.06 bits per heavy atom. The average Bonchev–Trinajstić information content (AvgIpc) is 3.15. The first kappa shape index (κ1) is 26.4. The zero-order valence-corrected chi connectivity index (χ0v) is 20.4. The van der Waals surface area contributed by atoms with Gasteiger partial charge in [-0.15, -0.1) is 0 Å². The fourth-order valence-electron chi connectivity index (χ4n) is 4.50. The quantitative estimate of drug-likeness (QED) is 0.532. The van der Waals surface area contributed by atoms with Crippen molar-refractivity contribution >= 4 is 11.7 Å². The van der Waals surface area contributed by atoms with E-state index >= 15 is 0 Å². The Labute approximate surface area is 207 Å². The second-order valence-corrected chi connectivity index (χ2v) is 9.03. The molecular formula is C29H35NO5. The van der Waals surface area contributed by atoms with E-state index in [0.717, 1.165) is 11.1 Å². The van der Waals surface area contributed by atoms with E-state index in [1.807, 2.05) is 61.6 Å². The van der Waals surface area contributed by atoms with Crippen molar-refractivity contribution in [2.45, 2.75) is 57.3 Å². The number of hydrogen-bond donors (Lipinski definition) is 3. The second kappa shape index (κ2) is 13.0. The molecule has 0 spiro atoms. The van der Waals surface area contributed by atoms with Crippen LogP contribution in [0.1, 0.15) is 50.6 Å². The molecule has 6 nitrogen and oxygen atoms in total. The Morgan fingerprint density at radius 3 is 2.54 bits per heavy atom.